The Hall–Kier alpha value is -7.40. The summed E-state index contributed by atoms with van der Waals surface area (Å²) in [6, 6.07) is 48.1. The summed E-state index contributed by atoms with van der Waals surface area (Å²) in [6.07, 6.45) is 0. The van der Waals surface area contributed by atoms with E-state index in [2.05, 4.69) is 34.9 Å². The van der Waals surface area contributed by atoms with E-state index < -0.39 is 38.3 Å². The van der Waals surface area contributed by atoms with Crippen LogP contribution in [-0.2, 0) is 0 Å². The van der Waals surface area contributed by atoms with Crippen molar-refractivity contribution in [2.45, 2.75) is 0 Å². The highest BCUT2D eigenvalue weighted by Gasteiger charge is 2.41. The van der Waals surface area contributed by atoms with E-state index in [0.717, 1.165) is 49.0 Å². The molecule has 0 radical (unpaired) electrons. The first-order chi connectivity index (χ1) is 32.5. The minimum Gasteiger partial charge on any atom is -0.454 e. The van der Waals surface area contributed by atoms with Gasteiger partial charge in [-0.05, 0) is 63.2 Å². The second kappa shape index (κ2) is 12.8. The van der Waals surface area contributed by atoms with Gasteiger partial charge in [0.1, 0.15) is 5.58 Å². The maximum absolute atomic E-state index is 10.2. The molecule has 58 heavy (non-hydrogen) atoms. The molecule has 12 rings (SSSR count). The van der Waals surface area contributed by atoms with Crippen molar-refractivity contribution in [3.63, 3.8) is 0 Å². The Morgan fingerprint density at radius 2 is 0.897 bits per heavy atom. The van der Waals surface area contributed by atoms with E-state index >= 15 is 0 Å². The largest absolute Gasteiger partial charge is 0.454 e. The molecule has 0 bridgehead atoms. The minimum absolute atomic E-state index is 0.00577. The number of fused-ring (bicyclic) bond motifs is 10. The summed E-state index contributed by atoms with van der Waals surface area (Å²) >= 11 is 0. The Bertz CT molecular complexity index is 3900. The smallest absolute Gasteiger partial charge is 0.179 e. The second-order valence-corrected chi connectivity index (χ2v) is 18.2. The van der Waals surface area contributed by atoms with Crippen molar-refractivity contribution < 1.29 is 16.8 Å². The lowest BCUT2D eigenvalue weighted by molar-refractivity contribution is 0.666. The topological polar surface area (TPSA) is 23.0 Å². The Labute approximate surface area is 348 Å². The number of para-hydroxylation sites is 4. The summed E-state index contributed by atoms with van der Waals surface area (Å²) < 4.78 is 96.8. The highest BCUT2D eigenvalue weighted by atomic mass is 28.3. The molecule has 9 aromatic carbocycles. The molecule has 0 N–H and O–H groups in total. The molecule has 3 aromatic heterocycles. The molecule has 0 aliphatic carbocycles. The van der Waals surface area contributed by atoms with Crippen molar-refractivity contribution >= 4 is 94.4 Å². The highest BCUT2D eigenvalue weighted by molar-refractivity contribution is 7.19. The van der Waals surface area contributed by atoms with Gasteiger partial charge in [0.05, 0.1) is 45.5 Å². The lowest BCUT2D eigenvalue weighted by Gasteiger charge is -2.34. The predicted molar refractivity (Wildman–Crippen MR) is 246 cm³/mol. The molecule has 0 unspecified atom stereocenters. The predicted octanol–water partition coefficient (Wildman–Crippen LogP) is 11.2. The second-order valence-electron chi connectivity index (χ2n) is 14.5. The van der Waals surface area contributed by atoms with Crippen molar-refractivity contribution in [3.8, 4) is 11.4 Å². The fourth-order valence-corrected chi connectivity index (χ4v) is 13.3. The third kappa shape index (κ3) is 4.61. The van der Waals surface area contributed by atoms with Crippen LogP contribution in [0.1, 0.15) is 12.3 Å². The number of nitrogens with zero attached hydrogens (tertiary/aromatic N) is 2. The summed E-state index contributed by atoms with van der Waals surface area (Å²) in [6.45, 7) is 0. The highest BCUT2D eigenvalue weighted by Crippen LogP contribution is 2.45. The Balaban J connectivity index is 1.25. The molecule has 272 valence electrons. The summed E-state index contributed by atoms with van der Waals surface area (Å²) in [5.41, 5.74) is 5.30. The van der Waals surface area contributed by atoms with Gasteiger partial charge in [-0.2, -0.15) is 0 Å². The SMILES string of the molecule is [2H]c1c([2H])c([2H])c([Si](c2ccccc2)(c2ccccc2)c2c([2H])c([2H])c(-n3c4ccccc4c4cc(-n5c6ccccc6c6ccccc65)c5oc6ccccc6c5c43)c([2H])c2[2H])c([2H])c1[2H]. The van der Waals surface area contributed by atoms with Crippen LogP contribution >= 0.6 is 0 Å². The van der Waals surface area contributed by atoms with Crippen molar-refractivity contribution in [1.82, 2.24) is 9.13 Å². The zero-order valence-corrected chi connectivity index (χ0v) is 31.9. The van der Waals surface area contributed by atoms with Crippen molar-refractivity contribution in [3.05, 3.63) is 218 Å². The molecular formula is C54H36N2OSi. The Kier molecular flexibility index (Phi) is 5.52. The molecule has 0 atom stereocenters. The van der Waals surface area contributed by atoms with E-state index in [4.69, 9.17) is 8.53 Å². The molecule has 0 saturated heterocycles. The standard InChI is InChI=1S/C54H36N2OSi/c1-4-18-38(19-5-1)58(39-20-6-2-7-21-39,40-22-8-3-9-23-40)41-34-32-37(33-35-41)55-47-28-14-12-26-44(47)46-36-50(54-52(53(46)55)45-27-13-17-31-51(45)57-54)56-48-29-15-10-24-42(48)43-25-11-16-30-49(43)56/h1-36H/i1D,4D,5D,18D,19D,32D,33D,34D,35D. The van der Waals surface area contributed by atoms with Crippen molar-refractivity contribution in [2.75, 3.05) is 0 Å². The fourth-order valence-electron chi connectivity index (χ4n) is 9.19. The van der Waals surface area contributed by atoms with Gasteiger partial charge in [0.2, 0.25) is 0 Å². The normalized spacial score (nSPS) is 14.3. The third-order valence-electron chi connectivity index (χ3n) is 11.6. The van der Waals surface area contributed by atoms with Crippen LogP contribution in [0.15, 0.2) is 223 Å². The van der Waals surface area contributed by atoms with Crippen LogP contribution in [-0.4, -0.2) is 17.2 Å². The van der Waals surface area contributed by atoms with E-state index in [0.29, 0.717) is 32.6 Å². The van der Waals surface area contributed by atoms with Crippen molar-refractivity contribution in [2.24, 2.45) is 0 Å². The van der Waals surface area contributed by atoms with Gasteiger partial charge in [-0.1, -0.05) is 176 Å². The number of rotatable bonds is 6. The molecule has 0 aliphatic heterocycles. The number of hydrogen-bond acceptors (Lipinski definition) is 1. The number of aromatic nitrogens is 2. The molecule has 4 heteroatoms. The van der Waals surface area contributed by atoms with Crippen molar-refractivity contribution in [1.29, 1.82) is 0 Å². The van der Waals surface area contributed by atoms with Gasteiger partial charge in [-0.3, -0.25) is 0 Å². The van der Waals surface area contributed by atoms with E-state index in [1.54, 1.807) is 48.5 Å². The van der Waals surface area contributed by atoms with Crippen LogP contribution in [0.4, 0.5) is 0 Å². The van der Waals surface area contributed by atoms with Crippen LogP contribution in [0.3, 0.4) is 0 Å². The molecule has 0 spiro atoms. The minimum atomic E-state index is -4.33. The number of furan rings is 1. The lowest BCUT2D eigenvalue weighted by Crippen LogP contribution is -2.74. The van der Waals surface area contributed by atoms with E-state index in [1.807, 2.05) is 89.5 Å². The Morgan fingerprint density at radius 1 is 0.414 bits per heavy atom. The van der Waals surface area contributed by atoms with Gasteiger partial charge in [0.15, 0.2) is 13.7 Å². The van der Waals surface area contributed by atoms with Gasteiger partial charge >= 0.3 is 0 Å². The van der Waals surface area contributed by atoms with Gasteiger partial charge < -0.3 is 13.6 Å². The lowest BCUT2D eigenvalue weighted by atomic mass is 10.1. The molecule has 0 saturated carbocycles. The first-order valence-electron chi connectivity index (χ1n) is 23.7. The average molecular weight is 766 g/mol. The molecule has 3 heterocycles. The van der Waals surface area contributed by atoms with Crippen LogP contribution < -0.4 is 20.7 Å². The monoisotopic (exact) mass is 765 g/mol. The zero-order valence-electron chi connectivity index (χ0n) is 39.9. The first-order valence-corrected chi connectivity index (χ1v) is 21.2. The van der Waals surface area contributed by atoms with Gasteiger partial charge in [-0.15, -0.1) is 0 Å². The van der Waals surface area contributed by atoms with E-state index in [9.17, 15) is 8.22 Å². The van der Waals surface area contributed by atoms with Crippen LogP contribution in [0.5, 0.6) is 0 Å². The third-order valence-corrected chi connectivity index (χ3v) is 16.0. The summed E-state index contributed by atoms with van der Waals surface area (Å²) in [5, 5.41) is 6.35. The molecule has 3 nitrogen and oxygen atoms in total. The first kappa shape index (κ1) is 25.0. The number of benzene rings is 9. The maximum Gasteiger partial charge on any atom is 0.179 e. The summed E-state index contributed by atoms with van der Waals surface area (Å²) in [4.78, 5) is 0. The van der Waals surface area contributed by atoms with E-state index in [-0.39, 0.29) is 40.2 Å². The molecular weight excluding hydrogens is 721 g/mol. The van der Waals surface area contributed by atoms with Crippen LogP contribution in [0.25, 0.3) is 76.9 Å². The summed E-state index contributed by atoms with van der Waals surface area (Å²) in [7, 11) is -4.33. The van der Waals surface area contributed by atoms with Gasteiger partial charge in [0, 0.05) is 32.6 Å². The summed E-state index contributed by atoms with van der Waals surface area (Å²) in [5.74, 6) is 0. The number of hydrogen-bond donors (Lipinski definition) is 0. The maximum atomic E-state index is 10.2. The van der Waals surface area contributed by atoms with Gasteiger partial charge in [-0.25, -0.2) is 0 Å². The quantitative estimate of drug-likeness (QED) is 0.122. The van der Waals surface area contributed by atoms with E-state index in [1.165, 1.54) is 0 Å². The van der Waals surface area contributed by atoms with Crippen LogP contribution in [0, 0.1) is 0 Å². The van der Waals surface area contributed by atoms with Crippen LogP contribution in [0.2, 0.25) is 0 Å². The fraction of sp³-hybridized carbons (Fsp3) is 0. The molecule has 0 aliphatic rings. The average Bonchev–Trinajstić information content (AvgIpc) is 4.02. The zero-order chi connectivity index (χ0) is 46.0. The van der Waals surface area contributed by atoms with Gasteiger partial charge in [0.25, 0.3) is 0 Å². The Morgan fingerprint density at radius 3 is 1.50 bits per heavy atom. The molecule has 0 amide bonds. The molecule has 12 aromatic rings. The molecule has 0 fully saturated rings.